The van der Waals surface area contributed by atoms with Crippen LogP contribution in [-0.2, 0) is 21.2 Å². The lowest BCUT2D eigenvalue weighted by molar-refractivity contribution is 0.0318. The number of nitrogens with zero attached hydrogens (tertiary/aromatic N) is 1. The number of esters is 1. The van der Waals surface area contributed by atoms with Gasteiger partial charge in [-0.15, -0.1) is 0 Å². The van der Waals surface area contributed by atoms with Crippen LogP contribution in [0.2, 0.25) is 0 Å². The van der Waals surface area contributed by atoms with E-state index in [0.717, 1.165) is 37.7 Å². The van der Waals surface area contributed by atoms with E-state index in [1.807, 2.05) is 19.1 Å². The summed E-state index contributed by atoms with van der Waals surface area (Å²) in [7, 11) is -2.46. The lowest BCUT2D eigenvalue weighted by Crippen LogP contribution is -2.32. The zero-order valence-electron chi connectivity index (χ0n) is 19.4. The number of hydrogen-bond donors (Lipinski definition) is 0. The summed E-state index contributed by atoms with van der Waals surface area (Å²) in [6.07, 6.45) is 3.41. The van der Waals surface area contributed by atoms with E-state index in [-0.39, 0.29) is 22.0 Å². The first kappa shape index (κ1) is 24.9. The van der Waals surface area contributed by atoms with Crippen molar-refractivity contribution in [3.63, 3.8) is 0 Å². The first-order valence-corrected chi connectivity index (χ1v) is 12.7. The molecule has 33 heavy (non-hydrogen) atoms. The summed E-state index contributed by atoms with van der Waals surface area (Å²) in [5, 5.41) is 0. The Hall–Kier alpha value is -2.71. The third-order valence-corrected chi connectivity index (χ3v) is 7.80. The fourth-order valence-electron chi connectivity index (χ4n) is 3.85. The van der Waals surface area contributed by atoms with Crippen molar-refractivity contribution < 1.29 is 27.5 Å². The van der Waals surface area contributed by atoms with Gasteiger partial charge in [-0.25, -0.2) is 13.2 Å². The number of rotatable bonds is 8. The molecule has 8 heteroatoms. The highest BCUT2D eigenvalue weighted by Gasteiger charge is 2.30. The monoisotopic (exact) mass is 473 g/mol. The van der Waals surface area contributed by atoms with Crippen molar-refractivity contribution in [1.82, 2.24) is 4.31 Å². The van der Waals surface area contributed by atoms with Gasteiger partial charge < -0.3 is 9.47 Å². The summed E-state index contributed by atoms with van der Waals surface area (Å²) < 4.78 is 38.7. The molecule has 2 aromatic carbocycles. The van der Waals surface area contributed by atoms with Gasteiger partial charge in [0.1, 0.15) is 10.6 Å². The molecule has 1 fully saturated rings. The van der Waals surface area contributed by atoms with Crippen LogP contribution in [0.5, 0.6) is 5.75 Å². The zero-order valence-corrected chi connectivity index (χ0v) is 20.2. The third-order valence-electron chi connectivity index (χ3n) is 5.88. The maximum absolute atomic E-state index is 13.3. The summed E-state index contributed by atoms with van der Waals surface area (Å²) in [5.41, 5.74) is 1.60. The van der Waals surface area contributed by atoms with Gasteiger partial charge in [0, 0.05) is 18.7 Å². The van der Waals surface area contributed by atoms with Crippen molar-refractivity contribution in [2.45, 2.75) is 57.0 Å². The van der Waals surface area contributed by atoms with Crippen LogP contribution >= 0.6 is 0 Å². The van der Waals surface area contributed by atoms with Gasteiger partial charge >= 0.3 is 5.97 Å². The number of methoxy groups -OCH3 is 1. The normalized spacial score (nSPS) is 16.0. The van der Waals surface area contributed by atoms with Crippen LogP contribution in [0.1, 0.15) is 65.8 Å². The number of benzene rings is 2. The number of aryl methyl sites for hydroxylation is 1. The van der Waals surface area contributed by atoms with Gasteiger partial charge in [-0.05, 0) is 49.9 Å². The summed E-state index contributed by atoms with van der Waals surface area (Å²) >= 11 is 0. The Morgan fingerprint density at radius 3 is 2.15 bits per heavy atom. The van der Waals surface area contributed by atoms with Crippen LogP contribution in [0, 0.1) is 0 Å². The average Bonchev–Trinajstić information content (AvgIpc) is 3.13. The maximum Gasteiger partial charge on any atom is 0.338 e. The van der Waals surface area contributed by atoms with E-state index in [9.17, 15) is 18.0 Å². The van der Waals surface area contributed by atoms with Gasteiger partial charge in [0.25, 0.3) is 0 Å². The topological polar surface area (TPSA) is 90.0 Å². The molecule has 0 unspecified atom stereocenters. The minimum Gasteiger partial charge on any atom is -0.495 e. The molecule has 1 aliphatic heterocycles. The number of ketones is 1. The second-order valence-electron chi connectivity index (χ2n) is 8.15. The molecule has 178 valence electrons. The fraction of sp³-hybridized carbons (Fsp3) is 0.440. The smallest absolute Gasteiger partial charge is 0.338 e. The highest BCUT2D eigenvalue weighted by atomic mass is 32.2. The third kappa shape index (κ3) is 5.81. The van der Waals surface area contributed by atoms with E-state index in [4.69, 9.17) is 9.47 Å². The van der Waals surface area contributed by atoms with Crippen molar-refractivity contribution in [2.24, 2.45) is 0 Å². The molecule has 0 aliphatic carbocycles. The van der Waals surface area contributed by atoms with Crippen LogP contribution in [0.3, 0.4) is 0 Å². The van der Waals surface area contributed by atoms with Crippen molar-refractivity contribution in [2.75, 3.05) is 20.2 Å². The minimum absolute atomic E-state index is 0.0465. The Bertz CT molecular complexity index is 1090. The van der Waals surface area contributed by atoms with Crippen LogP contribution in [0.25, 0.3) is 0 Å². The summed E-state index contributed by atoms with van der Waals surface area (Å²) in [6, 6.07) is 11.3. The average molecular weight is 474 g/mol. The Morgan fingerprint density at radius 1 is 0.970 bits per heavy atom. The van der Waals surface area contributed by atoms with Crippen molar-refractivity contribution >= 4 is 21.8 Å². The van der Waals surface area contributed by atoms with E-state index in [0.29, 0.717) is 18.7 Å². The number of Topliss-reactive ketones (excluding diaryl/α,β-unsaturated/α-hetero) is 1. The van der Waals surface area contributed by atoms with Crippen molar-refractivity contribution in [1.29, 1.82) is 0 Å². The standard InChI is InChI=1S/C25H31NO6S/c1-4-19-9-11-20(12-10-19)24(27)18(2)32-25(28)21-13-14-22(31-3)23(17-21)33(29,30)26-15-7-5-6-8-16-26/h9-14,17-18H,4-8,15-16H2,1-3H3/t18-/m1/s1. The molecule has 0 bridgehead atoms. The Labute approximate surface area is 195 Å². The Balaban J connectivity index is 1.81. The largest absolute Gasteiger partial charge is 0.495 e. The van der Waals surface area contributed by atoms with Crippen molar-refractivity contribution in [3.05, 3.63) is 59.2 Å². The van der Waals surface area contributed by atoms with E-state index in [1.54, 1.807) is 12.1 Å². The van der Waals surface area contributed by atoms with E-state index in [1.165, 1.54) is 36.5 Å². The van der Waals surface area contributed by atoms with Gasteiger partial charge in [0.2, 0.25) is 15.8 Å². The highest BCUT2D eigenvalue weighted by Crippen LogP contribution is 2.30. The number of carbonyl (C=O) groups excluding carboxylic acids is 2. The summed E-state index contributed by atoms with van der Waals surface area (Å²) in [6.45, 7) is 4.40. The minimum atomic E-state index is -3.84. The molecule has 0 aromatic heterocycles. The lowest BCUT2D eigenvalue weighted by Gasteiger charge is -2.21. The highest BCUT2D eigenvalue weighted by molar-refractivity contribution is 7.89. The number of ether oxygens (including phenoxy) is 2. The number of hydrogen-bond acceptors (Lipinski definition) is 6. The van der Waals surface area contributed by atoms with Gasteiger partial charge in [0.05, 0.1) is 12.7 Å². The molecule has 3 rings (SSSR count). The van der Waals surface area contributed by atoms with Gasteiger partial charge in [-0.2, -0.15) is 4.31 Å². The molecule has 1 atom stereocenters. The van der Waals surface area contributed by atoms with Crippen LogP contribution in [0.15, 0.2) is 47.4 Å². The fourth-order valence-corrected chi connectivity index (χ4v) is 5.55. The summed E-state index contributed by atoms with van der Waals surface area (Å²) in [4.78, 5) is 25.4. The first-order valence-electron chi connectivity index (χ1n) is 11.3. The molecule has 0 N–H and O–H groups in total. The predicted octanol–water partition coefficient (Wildman–Crippen LogP) is 4.25. The molecule has 0 spiro atoms. The molecular weight excluding hydrogens is 442 g/mol. The molecule has 0 amide bonds. The SMILES string of the molecule is CCc1ccc(C(=O)[C@@H](C)OC(=O)c2ccc(OC)c(S(=O)(=O)N3CCCCCC3)c2)cc1. The van der Waals surface area contributed by atoms with Crippen molar-refractivity contribution in [3.8, 4) is 5.75 Å². The number of sulfonamides is 1. The Morgan fingerprint density at radius 2 is 1.58 bits per heavy atom. The van der Waals surface area contributed by atoms with Crippen LogP contribution in [-0.4, -0.2) is 50.8 Å². The van der Waals surface area contributed by atoms with E-state index >= 15 is 0 Å². The molecule has 2 aromatic rings. The molecule has 1 heterocycles. The van der Waals surface area contributed by atoms with Gasteiger partial charge in [-0.1, -0.05) is 44.0 Å². The molecular formula is C25H31NO6S. The molecule has 1 aliphatic rings. The van der Waals surface area contributed by atoms with Crippen LogP contribution in [0.4, 0.5) is 0 Å². The molecule has 1 saturated heterocycles. The molecule has 7 nitrogen and oxygen atoms in total. The second kappa shape index (κ2) is 10.9. The predicted molar refractivity (Wildman–Crippen MR) is 125 cm³/mol. The van der Waals surface area contributed by atoms with Gasteiger partial charge in [0.15, 0.2) is 6.10 Å². The summed E-state index contributed by atoms with van der Waals surface area (Å²) in [5.74, 6) is -0.927. The zero-order chi connectivity index (χ0) is 24.0. The van der Waals surface area contributed by atoms with Gasteiger partial charge in [-0.3, -0.25) is 4.79 Å². The molecule has 0 saturated carbocycles. The first-order chi connectivity index (χ1) is 15.8. The Kier molecular flexibility index (Phi) is 8.26. The van der Waals surface area contributed by atoms with E-state index < -0.39 is 22.1 Å². The van der Waals surface area contributed by atoms with E-state index in [2.05, 4.69) is 0 Å². The maximum atomic E-state index is 13.3. The number of carbonyl (C=O) groups is 2. The molecule has 0 radical (unpaired) electrons. The second-order valence-corrected chi connectivity index (χ2v) is 10.1. The van der Waals surface area contributed by atoms with Crippen LogP contribution < -0.4 is 4.74 Å². The quantitative estimate of drug-likeness (QED) is 0.421. The lowest BCUT2D eigenvalue weighted by atomic mass is 10.0.